The van der Waals surface area contributed by atoms with Gasteiger partial charge in [0.2, 0.25) is 0 Å². The number of carbonyl (C=O) groups is 2. The van der Waals surface area contributed by atoms with Crippen LogP contribution in [0.5, 0.6) is 0 Å². The van der Waals surface area contributed by atoms with Crippen LogP contribution < -0.4 is 10.7 Å². The van der Waals surface area contributed by atoms with Crippen LogP contribution in [0.25, 0.3) is 0 Å². The monoisotopic (exact) mass is 261 g/mol. The zero-order chi connectivity index (χ0) is 14.5. The van der Waals surface area contributed by atoms with E-state index in [0.29, 0.717) is 0 Å². The number of benzene rings is 1. The van der Waals surface area contributed by atoms with Crippen LogP contribution in [0, 0.1) is 6.92 Å². The highest BCUT2D eigenvalue weighted by Gasteiger charge is 2.19. The molecule has 1 aromatic rings. The van der Waals surface area contributed by atoms with Crippen molar-refractivity contribution in [3.8, 4) is 0 Å². The molecule has 102 valence electrons. The number of aryl methyl sites for hydroxylation is 1. The van der Waals surface area contributed by atoms with E-state index in [4.69, 9.17) is 0 Å². The van der Waals surface area contributed by atoms with Crippen molar-refractivity contribution in [1.29, 1.82) is 0 Å². The molecule has 0 heterocycles. The Morgan fingerprint density at radius 2 is 1.89 bits per heavy atom. The van der Waals surface area contributed by atoms with E-state index in [0.717, 1.165) is 11.1 Å². The Hall–Kier alpha value is -2.17. The fraction of sp³-hybridized carbons (Fsp3) is 0.357. The third-order valence-corrected chi connectivity index (χ3v) is 2.12. The van der Waals surface area contributed by atoms with Gasteiger partial charge < -0.3 is 5.32 Å². The molecule has 0 fully saturated rings. The van der Waals surface area contributed by atoms with Crippen LogP contribution in [0.1, 0.15) is 31.9 Å². The lowest BCUT2D eigenvalue weighted by atomic mass is 10.1. The quantitative estimate of drug-likeness (QED) is 0.479. The Morgan fingerprint density at radius 3 is 2.47 bits per heavy atom. The zero-order valence-electron chi connectivity index (χ0n) is 11.7. The van der Waals surface area contributed by atoms with Crippen LogP contribution >= 0.6 is 0 Å². The minimum atomic E-state index is -0.779. The summed E-state index contributed by atoms with van der Waals surface area (Å²) < 4.78 is 0. The lowest BCUT2D eigenvalue weighted by Gasteiger charge is -2.19. The first-order chi connectivity index (χ1) is 8.78. The summed E-state index contributed by atoms with van der Waals surface area (Å²) in [5.74, 6) is -1.48. The van der Waals surface area contributed by atoms with Gasteiger partial charge in [-0.2, -0.15) is 5.10 Å². The van der Waals surface area contributed by atoms with Crippen LogP contribution in [0.2, 0.25) is 0 Å². The molecular formula is C14H19N3O2. The van der Waals surface area contributed by atoms with Crippen LogP contribution in [0.4, 0.5) is 0 Å². The minimum absolute atomic E-state index is 0.450. The van der Waals surface area contributed by atoms with Gasteiger partial charge in [-0.25, -0.2) is 5.43 Å². The number of amides is 2. The van der Waals surface area contributed by atoms with E-state index in [1.165, 1.54) is 6.21 Å². The van der Waals surface area contributed by atoms with Gasteiger partial charge in [-0.05, 0) is 33.3 Å². The number of carbonyl (C=O) groups excluding carboxylic acids is 2. The van der Waals surface area contributed by atoms with E-state index in [1.54, 1.807) is 20.8 Å². The summed E-state index contributed by atoms with van der Waals surface area (Å²) in [6, 6.07) is 7.64. The Kier molecular flexibility index (Phi) is 4.80. The van der Waals surface area contributed by atoms with E-state index >= 15 is 0 Å². The number of hydrogen-bond donors (Lipinski definition) is 2. The highest BCUT2D eigenvalue weighted by molar-refractivity contribution is 6.35. The van der Waals surface area contributed by atoms with Gasteiger partial charge in [0.25, 0.3) is 0 Å². The van der Waals surface area contributed by atoms with Crippen molar-refractivity contribution >= 4 is 18.0 Å². The van der Waals surface area contributed by atoms with Crippen molar-refractivity contribution < 1.29 is 9.59 Å². The van der Waals surface area contributed by atoms with Crippen molar-refractivity contribution in [3.63, 3.8) is 0 Å². The number of hydrogen-bond acceptors (Lipinski definition) is 3. The number of nitrogens with one attached hydrogen (secondary N) is 2. The summed E-state index contributed by atoms with van der Waals surface area (Å²) in [6.45, 7) is 7.36. The standard InChI is InChI=1S/C14H19N3O2/c1-10-6-5-7-11(8-10)9-15-17-13(19)12(18)16-14(2,3)4/h5-9H,1-4H3,(H,16,18)(H,17,19)/b15-9+. The minimum Gasteiger partial charge on any atom is -0.343 e. The van der Waals surface area contributed by atoms with Gasteiger partial charge >= 0.3 is 11.8 Å². The van der Waals surface area contributed by atoms with Gasteiger partial charge in [0, 0.05) is 5.54 Å². The third-order valence-electron chi connectivity index (χ3n) is 2.12. The summed E-state index contributed by atoms with van der Waals surface area (Å²) in [7, 11) is 0. The molecule has 1 aromatic carbocycles. The molecule has 0 bridgehead atoms. The average Bonchev–Trinajstić information content (AvgIpc) is 2.26. The van der Waals surface area contributed by atoms with Crippen molar-refractivity contribution in [2.75, 3.05) is 0 Å². The van der Waals surface area contributed by atoms with Crippen molar-refractivity contribution in [2.24, 2.45) is 5.10 Å². The molecule has 0 aliphatic rings. The van der Waals surface area contributed by atoms with E-state index < -0.39 is 17.4 Å². The van der Waals surface area contributed by atoms with E-state index in [2.05, 4.69) is 15.8 Å². The molecule has 19 heavy (non-hydrogen) atoms. The molecule has 0 aliphatic heterocycles. The maximum Gasteiger partial charge on any atom is 0.329 e. The predicted octanol–water partition coefficient (Wildman–Crippen LogP) is 1.36. The van der Waals surface area contributed by atoms with Crippen LogP contribution in [-0.2, 0) is 9.59 Å². The molecule has 0 saturated carbocycles. The Balaban J connectivity index is 2.53. The summed E-state index contributed by atoms with van der Waals surface area (Å²) >= 11 is 0. The first kappa shape index (κ1) is 14.9. The highest BCUT2D eigenvalue weighted by Crippen LogP contribution is 2.00. The largest absolute Gasteiger partial charge is 0.343 e. The topological polar surface area (TPSA) is 70.6 Å². The van der Waals surface area contributed by atoms with Crippen molar-refractivity contribution in [1.82, 2.24) is 10.7 Å². The average molecular weight is 261 g/mol. The molecular weight excluding hydrogens is 242 g/mol. The van der Waals surface area contributed by atoms with Gasteiger partial charge in [-0.1, -0.05) is 29.8 Å². The second-order valence-corrected chi connectivity index (χ2v) is 5.32. The van der Waals surface area contributed by atoms with Crippen molar-refractivity contribution in [2.45, 2.75) is 33.2 Å². The van der Waals surface area contributed by atoms with Crippen LogP contribution in [0.15, 0.2) is 29.4 Å². The molecule has 1 rings (SSSR count). The van der Waals surface area contributed by atoms with Gasteiger partial charge in [0.1, 0.15) is 0 Å². The molecule has 2 amide bonds. The van der Waals surface area contributed by atoms with E-state index in [9.17, 15) is 9.59 Å². The number of hydrazone groups is 1. The lowest BCUT2D eigenvalue weighted by molar-refractivity contribution is -0.140. The maximum absolute atomic E-state index is 11.5. The molecule has 0 atom stereocenters. The predicted molar refractivity (Wildman–Crippen MR) is 74.8 cm³/mol. The third kappa shape index (κ3) is 5.81. The number of nitrogens with zero attached hydrogens (tertiary/aromatic N) is 1. The normalized spacial score (nSPS) is 11.4. The second kappa shape index (κ2) is 6.13. The van der Waals surface area contributed by atoms with Gasteiger partial charge in [0.15, 0.2) is 0 Å². The van der Waals surface area contributed by atoms with Crippen LogP contribution in [-0.4, -0.2) is 23.6 Å². The highest BCUT2D eigenvalue weighted by atomic mass is 16.2. The molecule has 0 aliphatic carbocycles. The van der Waals surface area contributed by atoms with Crippen LogP contribution in [0.3, 0.4) is 0 Å². The molecule has 0 unspecified atom stereocenters. The first-order valence-corrected chi connectivity index (χ1v) is 6.00. The molecule has 5 heteroatoms. The van der Waals surface area contributed by atoms with E-state index in [-0.39, 0.29) is 0 Å². The summed E-state index contributed by atoms with van der Waals surface area (Å²) in [5.41, 5.74) is 3.70. The summed E-state index contributed by atoms with van der Waals surface area (Å²) in [4.78, 5) is 22.9. The second-order valence-electron chi connectivity index (χ2n) is 5.32. The number of rotatable bonds is 2. The molecule has 0 saturated heterocycles. The summed E-state index contributed by atoms with van der Waals surface area (Å²) in [6.07, 6.45) is 1.50. The van der Waals surface area contributed by atoms with Gasteiger partial charge in [-0.3, -0.25) is 9.59 Å². The Labute approximate surface area is 113 Å². The van der Waals surface area contributed by atoms with Gasteiger partial charge in [-0.15, -0.1) is 0 Å². The van der Waals surface area contributed by atoms with E-state index in [1.807, 2.05) is 31.2 Å². The zero-order valence-corrected chi connectivity index (χ0v) is 11.7. The molecule has 0 spiro atoms. The fourth-order valence-electron chi connectivity index (χ4n) is 1.36. The Morgan fingerprint density at radius 1 is 1.21 bits per heavy atom. The molecule has 0 aromatic heterocycles. The SMILES string of the molecule is Cc1cccc(/C=N/NC(=O)C(=O)NC(C)(C)C)c1. The summed E-state index contributed by atoms with van der Waals surface area (Å²) in [5, 5.41) is 6.30. The molecule has 5 nitrogen and oxygen atoms in total. The smallest absolute Gasteiger partial charge is 0.329 e. The molecule has 0 radical (unpaired) electrons. The van der Waals surface area contributed by atoms with Crippen molar-refractivity contribution in [3.05, 3.63) is 35.4 Å². The lowest BCUT2D eigenvalue weighted by Crippen LogP contribution is -2.47. The fourth-order valence-corrected chi connectivity index (χ4v) is 1.36. The first-order valence-electron chi connectivity index (χ1n) is 6.00. The molecule has 2 N–H and O–H groups in total. The Bertz CT molecular complexity index is 502. The van der Waals surface area contributed by atoms with Gasteiger partial charge in [0.05, 0.1) is 6.21 Å². The maximum atomic E-state index is 11.5.